The summed E-state index contributed by atoms with van der Waals surface area (Å²) < 4.78 is 11.2. The van der Waals surface area contributed by atoms with E-state index in [0.29, 0.717) is 18.1 Å². The van der Waals surface area contributed by atoms with E-state index in [2.05, 4.69) is 31.0 Å². The SMILES string of the molecule is CCC1CN(C(C)CS(C)=O)C(C)CN1. The molecule has 0 aromatic heterocycles. The topological polar surface area (TPSA) is 32.3 Å². The molecule has 4 atom stereocenters. The van der Waals surface area contributed by atoms with Gasteiger partial charge in [0.05, 0.1) is 0 Å². The molecule has 0 aromatic carbocycles. The monoisotopic (exact) mass is 232 g/mol. The van der Waals surface area contributed by atoms with Crippen molar-refractivity contribution >= 4 is 10.8 Å². The van der Waals surface area contributed by atoms with Crippen LogP contribution in [-0.2, 0) is 10.8 Å². The summed E-state index contributed by atoms with van der Waals surface area (Å²) in [5.74, 6) is 0.792. The van der Waals surface area contributed by atoms with Crippen LogP contribution in [0.3, 0.4) is 0 Å². The molecule has 0 radical (unpaired) electrons. The Hall–Kier alpha value is 0.0700. The number of nitrogens with one attached hydrogen (secondary N) is 1. The van der Waals surface area contributed by atoms with Crippen LogP contribution in [0.1, 0.15) is 27.2 Å². The third kappa shape index (κ3) is 3.85. The van der Waals surface area contributed by atoms with Crippen LogP contribution in [0.25, 0.3) is 0 Å². The molecule has 0 aromatic rings. The summed E-state index contributed by atoms with van der Waals surface area (Å²) in [6.07, 6.45) is 2.96. The van der Waals surface area contributed by atoms with E-state index in [1.165, 1.54) is 6.42 Å². The molecular weight excluding hydrogens is 208 g/mol. The maximum absolute atomic E-state index is 11.2. The van der Waals surface area contributed by atoms with E-state index in [1.54, 1.807) is 6.26 Å². The van der Waals surface area contributed by atoms with Crippen LogP contribution < -0.4 is 5.32 Å². The first kappa shape index (κ1) is 13.1. The van der Waals surface area contributed by atoms with Gasteiger partial charge >= 0.3 is 0 Å². The first-order chi connectivity index (χ1) is 7.04. The van der Waals surface area contributed by atoms with E-state index in [-0.39, 0.29) is 0 Å². The fourth-order valence-corrected chi connectivity index (χ4v) is 3.15. The Labute approximate surface area is 96.1 Å². The van der Waals surface area contributed by atoms with Crippen molar-refractivity contribution in [3.05, 3.63) is 0 Å². The van der Waals surface area contributed by atoms with Crippen LogP contribution in [0.5, 0.6) is 0 Å². The molecule has 1 rings (SSSR count). The van der Waals surface area contributed by atoms with Crippen molar-refractivity contribution in [3.63, 3.8) is 0 Å². The highest BCUT2D eigenvalue weighted by atomic mass is 32.2. The molecule has 0 amide bonds. The average Bonchev–Trinajstić information content (AvgIpc) is 2.17. The Morgan fingerprint density at radius 3 is 2.80 bits per heavy atom. The fraction of sp³-hybridized carbons (Fsp3) is 1.00. The van der Waals surface area contributed by atoms with Gasteiger partial charge in [-0.05, 0) is 20.3 Å². The zero-order valence-electron chi connectivity index (χ0n) is 10.3. The van der Waals surface area contributed by atoms with Crippen LogP contribution >= 0.6 is 0 Å². The molecule has 1 fully saturated rings. The van der Waals surface area contributed by atoms with E-state index < -0.39 is 10.8 Å². The smallest absolute Gasteiger partial charge is 0.0385 e. The van der Waals surface area contributed by atoms with Crippen LogP contribution in [-0.4, -0.2) is 52.3 Å². The van der Waals surface area contributed by atoms with Gasteiger partial charge in [-0.2, -0.15) is 0 Å². The minimum absolute atomic E-state index is 0.432. The van der Waals surface area contributed by atoms with Gasteiger partial charge in [0.15, 0.2) is 0 Å². The summed E-state index contributed by atoms with van der Waals surface area (Å²) in [6, 6.07) is 1.60. The molecule has 4 heteroatoms. The second kappa shape index (κ2) is 5.97. The molecule has 1 aliphatic heterocycles. The Morgan fingerprint density at radius 1 is 1.60 bits per heavy atom. The van der Waals surface area contributed by atoms with Crippen molar-refractivity contribution in [1.82, 2.24) is 10.2 Å². The largest absolute Gasteiger partial charge is 0.311 e. The molecule has 1 heterocycles. The maximum Gasteiger partial charge on any atom is 0.0385 e. The molecule has 0 spiro atoms. The van der Waals surface area contributed by atoms with Crippen molar-refractivity contribution in [3.8, 4) is 0 Å². The molecule has 1 saturated heterocycles. The lowest BCUT2D eigenvalue weighted by molar-refractivity contribution is 0.107. The normalized spacial score (nSPS) is 32.5. The lowest BCUT2D eigenvalue weighted by Gasteiger charge is -2.42. The molecule has 0 bridgehead atoms. The van der Waals surface area contributed by atoms with Gasteiger partial charge < -0.3 is 5.32 Å². The molecule has 0 saturated carbocycles. The number of rotatable bonds is 4. The van der Waals surface area contributed by atoms with Crippen LogP contribution in [0.4, 0.5) is 0 Å². The van der Waals surface area contributed by atoms with E-state index in [9.17, 15) is 4.21 Å². The summed E-state index contributed by atoms with van der Waals surface area (Å²) in [5, 5.41) is 3.54. The van der Waals surface area contributed by atoms with Crippen molar-refractivity contribution in [1.29, 1.82) is 0 Å². The standard InChI is InChI=1S/C11H24N2OS/c1-5-11-7-13(9(2)6-12-11)10(3)8-15(4)14/h9-12H,5-8H2,1-4H3. The Bertz CT molecular complexity index is 223. The second-order valence-corrected chi connectivity index (χ2v) is 6.13. The van der Waals surface area contributed by atoms with Gasteiger partial charge in [-0.3, -0.25) is 9.11 Å². The third-order valence-corrected chi connectivity index (χ3v) is 4.19. The zero-order chi connectivity index (χ0) is 11.4. The van der Waals surface area contributed by atoms with Gasteiger partial charge in [-0.1, -0.05) is 6.92 Å². The number of piperazine rings is 1. The van der Waals surface area contributed by atoms with Crippen molar-refractivity contribution < 1.29 is 4.21 Å². The minimum Gasteiger partial charge on any atom is -0.311 e. The number of hydrogen-bond acceptors (Lipinski definition) is 3. The average molecular weight is 232 g/mol. The fourth-order valence-electron chi connectivity index (χ4n) is 2.28. The predicted molar refractivity (Wildman–Crippen MR) is 66.6 cm³/mol. The molecule has 90 valence electrons. The molecule has 1 aliphatic rings. The lowest BCUT2D eigenvalue weighted by Crippen LogP contribution is -2.58. The van der Waals surface area contributed by atoms with Crippen molar-refractivity contribution in [2.24, 2.45) is 0 Å². The molecule has 15 heavy (non-hydrogen) atoms. The van der Waals surface area contributed by atoms with Crippen LogP contribution in [0, 0.1) is 0 Å². The first-order valence-corrected chi connectivity index (χ1v) is 7.56. The van der Waals surface area contributed by atoms with Gasteiger partial charge in [-0.25, -0.2) is 0 Å². The number of hydrogen-bond donors (Lipinski definition) is 1. The Morgan fingerprint density at radius 2 is 2.27 bits per heavy atom. The first-order valence-electron chi connectivity index (χ1n) is 5.83. The van der Waals surface area contributed by atoms with Gasteiger partial charge in [0.2, 0.25) is 0 Å². The summed E-state index contributed by atoms with van der Waals surface area (Å²) in [7, 11) is -0.688. The maximum atomic E-state index is 11.2. The molecule has 1 N–H and O–H groups in total. The van der Waals surface area contributed by atoms with Gasteiger partial charge in [0.25, 0.3) is 0 Å². The third-order valence-electron chi connectivity index (χ3n) is 3.23. The Balaban J connectivity index is 2.52. The highest BCUT2D eigenvalue weighted by Gasteiger charge is 2.27. The van der Waals surface area contributed by atoms with Crippen LogP contribution in [0.2, 0.25) is 0 Å². The van der Waals surface area contributed by atoms with Gasteiger partial charge in [-0.15, -0.1) is 0 Å². The van der Waals surface area contributed by atoms with Crippen molar-refractivity contribution in [2.45, 2.75) is 45.3 Å². The van der Waals surface area contributed by atoms with E-state index >= 15 is 0 Å². The molecule has 0 aliphatic carbocycles. The molecule has 4 unspecified atom stereocenters. The summed E-state index contributed by atoms with van der Waals surface area (Å²) in [4.78, 5) is 2.49. The predicted octanol–water partition coefficient (Wildman–Crippen LogP) is 0.826. The zero-order valence-corrected chi connectivity index (χ0v) is 11.1. The molecular formula is C11H24N2OS. The Kier molecular flexibility index (Phi) is 5.23. The number of nitrogens with zero attached hydrogens (tertiary/aromatic N) is 1. The van der Waals surface area contributed by atoms with E-state index in [1.807, 2.05) is 0 Å². The minimum atomic E-state index is -0.688. The molecule has 3 nitrogen and oxygen atoms in total. The van der Waals surface area contributed by atoms with Crippen LogP contribution in [0.15, 0.2) is 0 Å². The summed E-state index contributed by atoms with van der Waals surface area (Å²) in [6.45, 7) is 8.80. The van der Waals surface area contributed by atoms with E-state index in [0.717, 1.165) is 18.8 Å². The lowest BCUT2D eigenvalue weighted by atomic mass is 10.1. The quantitative estimate of drug-likeness (QED) is 0.779. The second-order valence-electron chi connectivity index (χ2n) is 4.65. The summed E-state index contributed by atoms with van der Waals surface area (Å²) in [5.41, 5.74) is 0. The van der Waals surface area contributed by atoms with E-state index in [4.69, 9.17) is 0 Å². The van der Waals surface area contributed by atoms with Gasteiger partial charge in [0.1, 0.15) is 0 Å². The highest BCUT2D eigenvalue weighted by Crippen LogP contribution is 2.13. The van der Waals surface area contributed by atoms with Gasteiger partial charge in [0, 0.05) is 54.0 Å². The summed E-state index contributed by atoms with van der Waals surface area (Å²) >= 11 is 0. The highest BCUT2D eigenvalue weighted by molar-refractivity contribution is 7.84. The van der Waals surface area contributed by atoms with Crippen molar-refractivity contribution in [2.75, 3.05) is 25.1 Å².